The number of aryl methyl sites for hydroxylation is 1. The number of anilines is 1. The van der Waals surface area contributed by atoms with Crippen LogP contribution in [0.15, 0.2) is 65.2 Å². The van der Waals surface area contributed by atoms with E-state index in [4.69, 9.17) is 14.2 Å². The van der Waals surface area contributed by atoms with E-state index in [1.165, 1.54) is 0 Å². The number of hydrogen-bond donors (Lipinski definition) is 1. The lowest BCUT2D eigenvalue weighted by Gasteiger charge is -2.31. The van der Waals surface area contributed by atoms with Crippen LogP contribution in [0.5, 0.6) is 5.75 Å². The summed E-state index contributed by atoms with van der Waals surface area (Å²) in [5, 5.41) is 6.63. The zero-order chi connectivity index (χ0) is 23.3. The molecule has 0 radical (unpaired) electrons. The molecule has 1 amide bonds. The highest BCUT2D eigenvalue weighted by molar-refractivity contribution is 5.91. The smallest absolute Gasteiger partial charge is 0.239 e. The Morgan fingerprint density at radius 2 is 1.88 bits per heavy atom. The Kier molecular flexibility index (Phi) is 6.58. The van der Waals surface area contributed by atoms with Crippen molar-refractivity contribution in [1.82, 2.24) is 19.6 Å². The first kappa shape index (κ1) is 22.2. The zero-order valence-corrected chi connectivity index (χ0v) is 19.3. The summed E-state index contributed by atoms with van der Waals surface area (Å²) in [4.78, 5) is 19.4. The van der Waals surface area contributed by atoms with Gasteiger partial charge in [0.05, 0.1) is 17.6 Å². The fourth-order valence-corrected chi connectivity index (χ4v) is 4.50. The second kappa shape index (κ2) is 10.1. The number of likely N-dealkylation sites (tertiary alicyclic amines) is 1. The number of nitrogens with zero attached hydrogens (tertiary/aromatic N) is 4. The molecule has 1 saturated heterocycles. The van der Waals surface area contributed by atoms with Crippen LogP contribution >= 0.6 is 0 Å². The van der Waals surface area contributed by atoms with E-state index in [0.717, 1.165) is 55.1 Å². The third-order valence-corrected chi connectivity index (χ3v) is 6.26. The molecule has 4 aromatic rings. The first-order valence-electron chi connectivity index (χ1n) is 11.7. The number of hydrogen-bond acceptors (Lipinski definition) is 6. The van der Waals surface area contributed by atoms with Crippen LogP contribution in [-0.4, -0.2) is 45.1 Å². The van der Waals surface area contributed by atoms with E-state index in [9.17, 15) is 4.79 Å². The molecule has 2 aromatic carbocycles. The number of aromatic nitrogens is 3. The summed E-state index contributed by atoms with van der Waals surface area (Å²) in [5.41, 5.74) is 2.13. The third-order valence-electron chi connectivity index (χ3n) is 6.26. The number of carbonyl (C=O) groups excluding carboxylic acids is 1. The number of rotatable bonds is 8. The molecule has 0 aliphatic carbocycles. The van der Waals surface area contributed by atoms with E-state index in [1.54, 1.807) is 13.0 Å². The molecule has 8 nitrogen and oxygen atoms in total. The van der Waals surface area contributed by atoms with Gasteiger partial charge in [0.25, 0.3) is 0 Å². The van der Waals surface area contributed by atoms with Gasteiger partial charge in [-0.15, -0.1) is 0 Å². The van der Waals surface area contributed by atoms with Crippen LogP contribution in [0, 0.1) is 12.8 Å². The van der Waals surface area contributed by atoms with Crippen LogP contribution in [0.3, 0.4) is 0 Å². The molecule has 1 N–H and O–H groups in total. The van der Waals surface area contributed by atoms with Crippen LogP contribution < -0.4 is 10.1 Å². The molecular formula is C26H29N5O3. The van der Waals surface area contributed by atoms with E-state index in [0.29, 0.717) is 30.6 Å². The number of piperidine rings is 1. The Hall–Kier alpha value is -3.65. The summed E-state index contributed by atoms with van der Waals surface area (Å²) in [7, 11) is 0. The van der Waals surface area contributed by atoms with E-state index in [2.05, 4.69) is 38.1 Å². The minimum Gasteiger partial charge on any atom is -0.486 e. The van der Waals surface area contributed by atoms with Gasteiger partial charge in [-0.25, -0.2) is 4.98 Å². The van der Waals surface area contributed by atoms with Crippen molar-refractivity contribution < 1.29 is 14.1 Å². The number of benzene rings is 2. The Morgan fingerprint density at radius 1 is 1.12 bits per heavy atom. The van der Waals surface area contributed by atoms with Gasteiger partial charge in [0, 0.05) is 12.6 Å². The molecular weight excluding hydrogens is 430 g/mol. The molecule has 2 aromatic heterocycles. The molecule has 1 aliphatic rings. The molecule has 34 heavy (non-hydrogen) atoms. The Labute approximate surface area is 198 Å². The predicted octanol–water partition coefficient (Wildman–Crippen LogP) is 4.26. The minimum absolute atomic E-state index is 0.0623. The second-order valence-electron chi connectivity index (χ2n) is 8.82. The molecule has 176 valence electrons. The van der Waals surface area contributed by atoms with Crippen molar-refractivity contribution in [2.75, 3.05) is 25.0 Å². The fourth-order valence-electron chi connectivity index (χ4n) is 4.50. The maximum Gasteiger partial charge on any atom is 0.239 e. The van der Waals surface area contributed by atoms with E-state index < -0.39 is 0 Å². The molecule has 5 rings (SSSR count). The Morgan fingerprint density at radius 3 is 2.65 bits per heavy atom. The average Bonchev–Trinajstić information content (AvgIpc) is 3.42. The zero-order valence-electron chi connectivity index (χ0n) is 19.3. The first-order chi connectivity index (χ1) is 16.6. The summed E-state index contributed by atoms with van der Waals surface area (Å²) in [6.45, 7) is 5.27. The summed E-state index contributed by atoms with van der Waals surface area (Å²) >= 11 is 0. The molecule has 3 heterocycles. The largest absolute Gasteiger partial charge is 0.486 e. The lowest BCUT2D eigenvalue weighted by molar-refractivity contribution is -0.117. The molecule has 0 bridgehead atoms. The van der Waals surface area contributed by atoms with Gasteiger partial charge in [0.15, 0.2) is 5.82 Å². The second-order valence-corrected chi connectivity index (χ2v) is 8.82. The summed E-state index contributed by atoms with van der Waals surface area (Å²) in [6.07, 6.45) is 2.06. The van der Waals surface area contributed by atoms with Gasteiger partial charge in [-0.1, -0.05) is 35.5 Å². The molecule has 0 saturated carbocycles. The number of carbonyl (C=O) groups is 1. The topological polar surface area (TPSA) is 85.4 Å². The van der Waals surface area contributed by atoms with Gasteiger partial charge in [-0.2, -0.15) is 0 Å². The van der Waals surface area contributed by atoms with Crippen LogP contribution in [0.2, 0.25) is 0 Å². The molecule has 1 aliphatic heterocycles. The highest BCUT2D eigenvalue weighted by Gasteiger charge is 2.23. The van der Waals surface area contributed by atoms with Crippen molar-refractivity contribution in [3.05, 3.63) is 72.2 Å². The van der Waals surface area contributed by atoms with Gasteiger partial charge in [-0.05, 0) is 63.0 Å². The van der Waals surface area contributed by atoms with Crippen LogP contribution in [0.4, 0.5) is 5.82 Å². The monoisotopic (exact) mass is 459 g/mol. The molecule has 0 unspecified atom stereocenters. The van der Waals surface area contributed by atoms with Crippen molar-refractivity contribution in [3.63, 3.8) is 0 Å². The Bertz CT molecular complexity index is 1240. The molecule has 1 fully saturated rings. The van der Waals surface area contributed by atoms with Crippen molar-refractivity contribution in [1.29, 1.82) is 0 Å². The molecule has 0 spiro atoms. The highest BCUT2D eigenvalue weighted by atomic mass is 16.5. The summed E-state index contributed by atoms with van der Waals surface area (Å²) < 4.78 is 13.3. The van der Waals surface area contributed by atoms with Gasteiger partial charge < -0.3 is 19.1 Å². The van der Waals surface area contributed by atoms with E-state index >= 15 is 0 Å². The number of fused-ring (bicyclic) bond motifs is 1. The minimum atomic E-state index is -0.0623. The van der Waals surface area contributed by atoms with E-state index in [1.807, 2.05) is 36.4 Å². The number of para-hydroxylation sites is 3. The van der Waals surface area contributed by atoms with Crippen LogP contribution in [0.25, 0.3) is 11.0 Å². The number of imidazole rings is 1. The Balaban J connectivity index is 1.19. The number of ether oxygens (including phenoxy) is 1. The normalized spacial score (nSPS) is 15.0. The predicted molar refractivity (Wildman–Crippen MR) is 130 cm³/mol. The van der Waals surface area contributed by atoms with E-state index in [-0.39, 0.29) is 5.91 Å². The summed E-state index contributed by atoms with van der Waals surface area (Å²) in [6, 6.07) is 19.8. The van der Waals surface area contributed by atoms with Gasteiger partial charge in [0.2, 0.25) is 5.91 Å². The number of nitrogens with one attached hydrogen (secondary N) is 1. The number of amides is 1. The third kappa shape index (κ3) is 5.28. The fraction of sp³-hybridized carbons (Fsp3) is 0.346. The lowest BCUT2D eigenvalue weighted by atomic mass is 9.96. The van der Waals surface area contributed by atoms with Gasteiger partial charge in [-0.3, -0.25) is 9.69 Å². The maximum absolute atomic E-state index is 12.3. The van der Waals surface area contributed by atoms with Crippen LogP contribution in [-0.2, 0) is 17.9 Å². The van der Waals surface area contributed by atoms with Gasteiger partial charge >= 0.3 is 0 Å². The highest BCUT2D eigenvalue weighted by Crippen LogP contribution is 2.24. The molecule has 8 heteroatoms. The van der Waals surface area contributed by atoms with Crippen molar-refractivity contribution in [3.8, 4) is 5.75 Å². The SMILES string of the molecule is Cc1cc(NC(=O)CN2CCC(Cn3c(COc4ccccc4)nc4ccccc43)CC2)no1. The quantitative estimate of drug-likeness (QED) is 0.424. The lowest BCUT2D eigenvalue weighted by Crippen LogP contribution is -2.40. The standard InChI is InChI=1S/C26H29N5O3/c1-19-15-24(29-34-19)28-26(32)17-30-13-11-20(12-14-30)16-31-23-10-6-5-9-22(23)27-25(31)18-33-21-7-3-2-4-8-21/h2-10,15,20H,11-14,16-18H2,1H3,(H,28,29,32). The van der Waals surface area contributed by atoms with Crippen LogP contribution in [0.1, 0.15) is 24.4 Å². The first-order valence-corrected chi connectivity index (χ1v) is 11.7. The van der Waals surface area contributed by atoms with Gasteiger partial charge in [0.1, 0.15) is 23.9 Å². The molecule has 0 atom stereocenters. The van der Waals surface area contributed by atoms with Crippen molar-refractivity contribution in [2.45, 2.75) is 32.9 Å². The van der Waals surface area contributed by atoms with Crippen molar-refractivity contribution in [2.24, 2.45) is 5.92 Å². The maximum atomic E-state index is 12.3. The average molecular weight is 460 g/mol. The van der Waals surface area contributed by atoms with Crippen molar-refractivity contribution >= 4 is 22.8 Å². The summed E-state index contributed by atoms with van der Waals surface area (Å²) in [5.74, 6) is 3.38.